The summed E-state index contributed by atoms with van der Waals surface area (Å²) in [4.78, 5) is 24.7. The lowest BCUT2D eigenvalue weighted by Crippen LogP contribution is -2.20. The van der Waals surface area contributed by atoms with Gasteiger partial charge >= 0.3 is 0 Å². The van der Waals surface area contributed by atoms with E-state index in [1.165, 1.54) is 19.3 Å². The molecule has 0 saturated heterocycles. The summed E-state index contributed by atoms with van der Waals surface area (Å²) in [6.45, 7) is -0.323. The highest BCUT2D eigenvalue weighted by Crippen LogP contribution is 2.37. The molecule has 0 aliphatic rings. The largest absolute Gasteiger partial charge is 0.493 e. The molecule has 0 saturated carbocycles. The van der Waals surface area contributed by atoms with Gasteiger partial charge in [0.15, 0.2) is 18.1 Å². The molecule has 0 radical (unpaired) electrons. The molecule has 172 valence electrons. The molecule has 0 aromatic heterocycles. The second-order valence-corrected chi connectivity index (χ2v) is 7.71. The lowest BCUT2D eigenvalue weighted by atomic mass is 10.1. The number of rotatable bonds is 8. The van der Waals surface area contributed by atoms with Crippen LogP contribution in [0.5, 0.6) is 11.5 Å². The van der Waals surface area contributed by atoms with Crippen molar-refractivity contribution >= 4 is 52.5 Å². The van der Waals surface area contributed by atoms with Crippen molar-refractivity contribution in [3.63, 3.8) is 0 Å². The molecule has 9 heteroatoms. The summed E-state index contributed by atoms with van der Waals surface area (Å²) in [5.41, 5.74) is 1.44. The third-order valence-corrected chi connectivity index (χ3v) is 4.97. The van der Waals surface area contributed by atoms with Crippen molar-refractivity contribution in [2.75, 3.05) is 24.4 Å². The minimum atomic E-state index is -0.567. The Labute approximate surface area is 206 Å². The van der Waals surface area contributed by atoms with Crippen LogP contribution in [0.25, 0.3) is 6.08 Å². The fourth-order valence-corrected chi connectivity index (χ4v) is 3.27. The third kappa shape index (κ3) is 6.75. The van der Waals surface area contributed by atoms with Crippen molar-refractivity contribution in [3.05, 3.63) is 87.9 Å². The van der Waals surface area contributed by atoms with Crippen LogP contribution in [0, 0.1) is 11.3 Å². The van der Waals surface area contributed by atoms with Gasteiger partial charge in [-0.25, -0.2) is 0 Å². The van der Waals surface area contributed by atoms with Gasteiger partial charge in [0.1, 0.15) is 11.6 Å². The number of hydrogen-bond acceptors (Lipinski definition) is 5. The first-order valence-electron chi connectivity index (χ1n) is 9.93. The molecule has 34 heavy (non-hydrogen) atoms. The predicted octanol–water partition coefficient (Wildman–Crippen LogP) is 5.57. The van der Waals surface area contributed by atoms with E-state index in [9.17, 15) is 14.9 Å². The third-order valence-electron chi connectivity index (χ3n) is 4.44. The highest BCUT2D eigenvalue weighted by molar-refractivity contribution is 6.32. The molecule has 3 aromatic rings. The summed E-state index contributed by atoms with van der Waals surface area (Å²) in [7, 11) is 1.41. The van der Waals surface area contributed by atoms with E-state index in [1.807, 2.05) is 12.1 Å². The molecular weight excluding hydrogens is 477 g/mol. The second-order valence-electron chi connectivity index (χ2n) is 6.87. The zero-order valence-electron chi connectivity index (χ0n) is 18.0. The fourth-order valence-electron chi connectivity index (χ4n) is 2.87. The Kier molecular flexibility index (Phi) is 8.52. The van der Waals surface area contributed by atoms with E-state index in [-0.39, 0.29) is 28.7 Å². The van der Waals surface area contributed by atoms with Gasteiger partial charge in [-0.2, -0.15) is 5.26 Å². The Morgan fingerprint density at radius 2 is 1.68 bits per heavy atom. The van der Waals surface area contributed by atoms with Gasteiger partial charge < -0.3 is 20.1 Å². The summed E-state index contributed by atoms with van der Waals surface area (Å²) in [6.07, 6.45) is 1.38. The normalized spacial score (nSPS) is 10.7. The summed E-state index contributed by atoms with van der Waals surface area (Å²) in [5, 5.41) is 15.5. The molecule has 0 fully saturated rings. The second kappa shape index (κ2) is 11.8. The number of hydrogen-bond donors (Lipinski definition) is 2. The Hall–Kier alpha value is -3.99. The number of halogens is 2. The molecule has 0 spiro atoms. The number of anilines is 2. The highest BCUT2D eigenvalue weighted by Gasteiger charge is 2.15. The number of para-hydroxylation sites is 1. The number of carbonyl (C=O) groups is 2. The smallest absolute Gasteiger partial charge is 0.266 e. The van der Waals surface area contributed by atoms with Gasteiger partial charge in [-0.15, -0.1) is 0 Å². The van der Waals surface area contributed by atoms with Gasteiger partial charge in [0.2, 0.25) is 0 Å². The lowest BCUT2D eigenvalue weighted by Gasteiger charge is -2.13. The molecule has 0 aliphatic carbocycles. The van der Waals surface area contributed by atoms with Gasteiger partial charge in [-0.3, -0.25) is 9.59 Å². The molecule has 2 N–H and O–H groups in total. The maximum absolute atomic E-state index is 12.5. The highest BCUT2D eigenvalue weighted by atomic mass is 35.5. The average Bonchev–Trinajstić information content (AvgIpc) is 2.83. The molecular formula is C25H19Cl2N3O4. The zero-order valence-corrected chi connectivity index (χ0v) is 19.5. The van der Waals surface area contributed by atoms with Crippen LogP contribution in [0.4, 0.5) is 11.4 Å². The number of carbonyl (C=O) groups excluding carboxylic acids is 2. The molecule has 0 unspecified atom stereocenters. The molecule has 0 atom stereocenters. The number of methoxy groups -OCH3 is 1. The van der Waals surface area contributed by atoms with E-state index in [0.717, 1.165) is 0 Å². The number of amides is 2. The van der Waals surface area contributed by atoms with Gasteiger partial charge in [0.05, 0.1) is 12.1 Å². The minimum Gasteiger partial charge on any atom is -0.493 e. The molecule has 2 amide bonds. The number of benzene rings is 3. The van der Waals surface area contributed by atoms with Crippen molar-refractivity contribution in [1.82, 2.24) is 0 Å². The van der Waals surface area contributed by atoms with Crippen LogP contribution in [-0.2, 0) is 9.59 Å². The summed E-state index contributed by atoms with van der Waals surface area (Å²) < 4.78 is 10.9. The Morgan fingerprint density at radius 1 is 1.00 bits per heavy atom. The molecule has 3 aromatic carbocycles. The molecule has 0 aliphatic heterocycles. The van der Waals surface area contributed by atoms with Gasteiger partial charge in [-0.05, 0) is 60.2 Å². The number of nitrogens with one attached hydrogen (secondary N) is 2. The van der Waals surface area contributed by atoms with E-state index in [4.69, 9.17) is 32.7 Å². The van der Waals surface area contributed by atoms with Crippen LogP contribution < -0.4 is 20.1 Å². The molecule has 7 nitrogen and oxygen atoms in total. The maximum atomic E-state index is 12.5. The minimum absolute atomic E-state index is 0.127. The SMILES string of the molecule is COc1cc(/C=C(\C#N)C(=O)Nc2ccccc2)cc(Cl)c1OCC(=O)Nc1ccc(Cl)cc1. The average molecular weight is 496 g/mol. The van der Waals surface area contributed by atoms with Gasteiger partial charge in [0.25, 0.3) is 11.8 Å². The number of nitriles is 1. The first-order chi connectivity index (χ1) is 16.4. The standard InChI is InChI=1S/C25H19Cl2N3O4/c1-33-22-13-16(11-17(14-28)25(32)30-19-5-3-2-4-6-19)12-21(27)24(22)34-15-23(31)29-20-9-7-18(26)8-10-20/h2-13H,15H2,1H3,(H,29,31)(H,30,32)/b17-11+. The van der Waals surface area contributed by atoms with Gasteiger partial charge in [-0.1, -0.05) is 41.4 Å². The summed E-state index contributed by atoms with van der Waals surface area (Å²) >= 11 is 12.2. The molecule has 3 rings (SSSR count). The van der Waals surface area contributed by atoms with E-state index >= 15 is 0 Å². The zero-order chi connectivity index (χ0) is 24.5. The quantitative estimate of drug-likeness (QED) is 0.314. The monoisotopic (exact) mass is 495 g/mol. The van der Waals surface area contributed by atoms with Crippen molar-refractivity contribution in [2.24, 2.45) is 0 Å². The van der Waals surface area contributed by atoms with Crippen LogP contribution >= 0.6 is 23.2 Å². The van der Waals surface area contributed by atoms with Crippen molar-refractivity contribution in [2.45, 2.75) is 0 Å². The van der Waals surface area contributed by atoms with Crippen molar-refractivity contribution in [3.8, 4) is 17.6 Å². The van der Waals surface area contributed by atoms with Crippen LogP contribution in [0.15, 0.2) is 72.3 Å². The van der Waals surface area contributed by atoms with Crippen LogP contribution in [0.3, 0.4) is 0 Å². The Balaban J connectivity index is 1.72. The Morgan fingerprint density at radius 3 is 2.32 bits per heavy atom. The van der Waals surface area contributed by atoms with Crippen LogP contribution in [-0.4, -0.2) is 25.5 Å². The van der Waals surface area contributed by atoms with Crippen LogP contribution in [0.2, 0.25) is 10.0 Å². The van der Waals surface area contributed by atoms with Crippen molar-refractivity contribution < 1.29 is 19.1 Å². The van der Waals surface area contributed by atoms with E-state index in [1.54, 1.807) is 54.6 Å². The van der Waals surface area contributed by atoms with E-state index < -0.39 is 11.8 Å². The van der Waals surface area contributed by atoms with Crippen LogP contribution in [0.1, 0.15) is 5.56 Å². The van der Waals surface area contributed by atoms with E-state index in [2.05, 4.69) is 10.6 Å². The summed E-state index contributed by atoms with van der Waals surface area (Å²) in [6, 6.07) is 20.3. The first kappa shape index (κ1) is 24.6. The first-order valence-corrected chi connectivity index (χ1v) is 10.7. The molecule has 0 bridgehead atoms. The van der Waals surface area contributed by atoms with Crippen molar-refractivity contribution in [1.29, 1.82) is 5.26 Å². The van der Waals surface area contributed by atoms with Gasteiger partial charge in [0, 0.05) is 16.4 Å². The maximum Gasteiger partial charge on any atom is 0.266 e. The number of nitrogens with zero attached hydrogens (tertiary/aromatic N) is 1. The Bertz CT molecular complexity index is 1250. The predicted molar refractivity (Wildman–Crippen MR) is 132 cm³/mol. The van der Waals surface area contributed by atoms with E-state index in [0.29, 0.717) is 22.0 Å². The number of ether oxygens (including phenoxy) is 2. The molecule has 0 heterocycles. The lowest BCUT2D eigenvalue weighted by molar-refractivity contribution is -0.118. The fraction of sp³-hybridized carbons (Fsp3) is 0.0800. The topological polar surface area (TPSA) is 100 Å². The summed E-state index contributed by atoms with van der Waals surface area (Å²) in [5.74, 6) is -0.588.